The molecule has 0 atom stereocenters. The van der Waals surface area contributed by atoms with Crippen LogP contribution in [-0.4, -0.2) is 12.6 Å². The molecule has 1 aromatic carbocycles. The number of carbonyl (C=O) groups is 2. The molecule has 122 valence electrons. The number of aldehydes is 2. The van der Waals surface area contributed by atoms with Crippen LogP contribution in [-0.2, 0) is 22.4 Å². The van der Waals surface area contributed by atoms with Gasteiger partial charge in [0, 0.05) is 10.8 Å². The first-order chi connectivity index (χ1) is 10.3. The van der Waals surface area contributed by atoms with Crippen molar-refractivity contribution in [1.82, 2.24) is 0 Å². The third kappa shape index (κ3) is 7.02. The van der Waals surface area contributed by atoms with E-state index in [1.54, 1.807) is 0 Å². The predicted octanol–water partition coefficient (Wildman–Crippen LogP) is 4.78. The second kappa shape index (κ2) is 8.26. The lowest BCUT2D eigenvalue weighted by Crippen LogP contribution is -2.13. The molecular formula is C20H30O2. The Hall–Kier alpha value is -1.44. The van der Waals surface area contributed by atoms with Gasteiger partial charge < -0.3 is 9.59 Å². The Morgan fingerprint density at radius 2 is 1.23 bits per heavy atom. The van der Waals surface area contributed by atoms with Crippen LogP contribution in [0.1, 0.15) is 64.5 Å². The molecule has 0 radical (unpaired) electrons. The highest BCUT2D eigenvalue weighted by atomic mass is 16.1. The van der Waals surface area contributed by atoms with Crippen LogP contribution < -0.4 is 0 Å². The third-order valence-corrected chi connectivity index (χ3v) is 4.20. The number of hydrogen-bond acceptors (Lipinski definition) is 2. The lowest BCUT2D eigenvalue weighted by Gasteiger charge is -2.17. The zero-order valence-electron chi connectivity index (χ0n) is 14.5. The minimum absolute atomic E-state index is 0.210. The summed E-state index contributed by atoms with van der Waals surface area (Å²) in [6.45, 7) is 7.97. The maximum absolute atomic E-state index is 10.9. The fraction of sp³-hybridized carbons (Fsp3) is 0.600. The highest BCUT2D eigenvalue weighted by Gasteiger charge is 2.16. The summed E-state index contributed by atoms with van der Waals surface area (Å²) in [5.41, 5.74) is 2.26. The molecule has 0 heterocycles. The molecule has 0 amide bonds. The molecule has 0 spiro atoms. The van der Waals surface area contributed by atoms with Crippen molar-refractivity contribution in [3.05, 3.63) is 35.4 Å². The largest absolute Gasteiger partial charge is 0.303 e. The van der Waals surface area contributed by atoms with Gasteiger partial charge in [0.05, 0.1) is 0 Å². The van der Waals surface area contributed by atoms with E-state index in [4.69, 9.17) is 0 Å². The molecule has 0 N–H and O–H groups in total. The quantitative estimate of drug-likeness (QED) is 0.583. The second-order valence-electron chi connectivity index (χ2n) is 7.74. The number of hydrogen-bond donors (Lipinski definition) is 0. The van der Waals surface area contributed by atoms with Gasteiger partial charge in [0.25, 0.3) is 0 Å². The molecule has 0 saturated carbocycles. The van der Waals surface area contributed by atoms with Crippen molar-refractivity contribution >= 4 is 12.6 Å². The summed E-state index contributed by atoms with van der Waals surface area (Å²) in [5.74, 6) is 0. The molecular weight excluding hydrogens is 272 g/mol. The summed E-state index contributed by atoms with van der Waals surface area (Å²) in [6.07, 6.45) is 8.07. The molecule has 2 nitrogen and oxygen atoms in total. The molecule has 2 heteroatoms. The highest BCUT2D eigenvalue weighted by molar-refractivity contribution is 5.58. The number of aryl methyl sites for hydroxylation is 2. The van der Waals surface area contributed by atoms with Crippen LogP contribution in [0.15, 0.2) is 24.3 Å². The van der Waals surface area contributed by atoms with Crippen molar-refractivity contribution in [2.75, 3.05) is 0 Å². The SMILES string of the molecule is CC(C)(C=O)CCCc1cccc(CCCC(C)(C)C=O)c1. The van der Waals surface area contributed by atoms with Gasteiger partial charge in [-0.1, -0.05) is 52.0 Å². The molecule has 0 unspecified atom stereocenters. The van der Waals surface area contributed by atoms with Crippen molar-refractivity contribution in [3.8, 4) is 0 Å². The summed E-state index contributed by atoms with van der Waals surface area (Å²) >= 11 is 0. The lowest BCUT2D eigenvalue weighted by molar-refractivity contribution is -0.115. The van der Waals surface area contributed by atoms with Gasteiger partial charge in [0.2, 0.25) is 0 Å². The van der Waals surface area contributed by atoms with Gasteiger partial charge in [0.1, 0.15) is 12.6 Å². The van der Waals surface area contributed by atoms with E-state index < -0.39 is 0 Å². The van der Waals surface area contributed by atoms with Crippen molar-refractivity contribution in [2.24, 2.45) is 10.8 Å². The molecule has 0 fully saturated rings. The van der Waals surface area contributed by atoms with Crippen LogP contribution in [0.5, 0.6) is 0 Å². The fourth-order valence-electron chi connectivity index (χ4n) is 2.55. The van der Waals surface area contributed by atoms with Gasteiger partial charge >= 0.3 is 0 Å². The maximum Gasteiger partial charge on any atom is 0.125 e. The van der Waals surface area contributed by atoms with Crippen molar-refractivity contribution in [3.63, 3.8) is 0 Å². The van der Waals surface area contributed by atoms with E-state index in [0.717, 1.165) is 51.1 Å². The third-order valence-electron chi connectivity index (χ3n) is 4.20. The van der Waals surface area contributed by atoms with Crippen LogP contribution in [0.2, 0.25) is 0 Å². The van der Waals surface area contributed by atoms with E-state index >= 15 is 0 Å². The van der Waals surface area contributed by atoms with Crippen LogP contribution in [0.4, 0.5) is 0 Å². The van der Waals surface area contributed by atoms with E-state index in [-0.39, 0.29) is 10.8 Å². The average molecular weight is 302 g/mol. The molecule has 0 aromatic heterocycles. The maximum atomic E-state index is 10.9. The van der Waals surface area contributed by atoms with Crippen LogP contribution >= 0.6 is 0 Å². The number of carbonyl (C=O) groups excluding carboxylic acids is 2. The predicted molar refractivity (Wildman–Crippen MR) is 92.0 cm³/mol. The Morgan fingerprint density at radius 3 is 1.59 bits per heavy atom. The smallest absolute Gasteiger partial charge is 0.125 e. The summed E-state index contributed by atoms with van der Waals surface area (Å²) in [4.78, 5) is 21.8. The van der Waals surface area contributed by atoms with E-state index in [1.165, 1.54) is 11.1 Å². The first-order valence-electron chi connectivity index (χ1n) is 8.28. The molecule has 0 saturated heterocycles. The minimum Gasteiger partial charge on any atom is -0.303 e. The summed E-state index contributed by atoms with van der Waals surface area (Å²) in [5, 5.41) is 0. The Morgan fingerprint density at radius 1 is 0.818 bits per heavy atom. The summed E-state index contributed by atoms with van der Waals surface area (Å²) in [7, 11) is 0. The topological polar surface area (TPSA) is 34.1 Å². The second-order valence-corrected chi connectivity index (χ2v) is 7.74. The van der Waals surface area contributed by atoms with E-state index in [9.17, 15) is 9.59 Å². The molecule has 0 aliphatic rings. The molecule has 0 aliphatic carbocycles. The van der Waals surface area contributed by atoms with Gasteiger partial charge in [-0.05, 0) is 49.7 Å². The standard InChI is InChI=1S/C20H30O2/c1-19(2,15-21)12-6-10-17-8-5-9-18(14-17)11-7-13-20(3,4)16-22/h5,8-9,14-16H,6-7,10-13H2,1-4H3. The molecule has 22 heavy (non-hydrogen) atoms. The molecule has 1 aromatic rings. The molecule has 0 aliphatic heterocycles. The van der Waals surface area contributed by atoms with Crippen LogP contribution in [0.3, 0.4) is 0 Å². The van der Waals surface area contributed by atoms with Gasteiger partial charge in [-0.15, -0.1) is 0 Å². The van der Waals surface area contributed by atoms with E-state index in [2.05, 4.69) is 24.3 Å². The van der Waals surface area contributed by atoms with Gasteiger partial charge in [-0.2, -0.15) is 0 Å². The highest BCUT2D eigenvalue weighted by Crippen LogP contribution is 2.22. The minimum atomic E-state index is -0.210. The Labute approximate surface area is 135 Å². The van der Waals surface area contributed by atoms with Crippen molar-refractivity contribution in [2.45, 2.75) is 66.2 Å². The van der Waals surface area contributed by atoms with Crippen LogP contribution in [0.25, 0.3) is 0 Å². The van der Waals surface area contributed by atoms with Gasteiger partial charge in [-0.3, -0.25) is 0 Å². The average Bonchev–Trinajstić information content (AvgIpc) is 2.47. The zero-order valence-corrected chi connectivity index (χ0v) is 14.5. The first kappa shape index (κ1) is 18.6. The Kier molecular flexibility index (Phi) is 6.99. The number of benzene rings is 1. The molecule has 0 bridgehead atoms. The normalized spacial score (nSPS) is 12.2. The van der Waals surface area contributed by atoms with Crippen molar-refractivity contribution < 1.29 is 9.59 Å². The van der Waals surface area contributed by atoms with Gasteiger partial charge in [0.15, 0.2) is 0 Å². The van der Waals surface area contributed by atoms with Crippen LogP contribution in [0, 0.1) is 10.8 Å². The first-order valence-corrected chi connectivity index (χ1v) is 8.28. The summed E-state index contributed by atoms with van der Waals surface area (Å²) < 4.78 is 0. The van der Waals surface area contributed by atoms with E-state index in [0.29, 0.717) is 0 Å². The number of rotatable bonds is 10. The zero-order chi connectivity index (χ0) is 16.6. The fourth-order valence-corrected chi connectivity index (χ4v) is 2.55. The lowest BCUT2D eigenvalue weighted by atomic mass is 9.87. The monoisotopic (exact) mass is 302 g/mol. The van der Waals surface area contributed by atoms with Crippen molar-refractivity contribution in [1.29, 1.82) is 0 Å². The molecule has 1 rings (SSSR count). The van der Waals surface area contributed by atoms with E-state index in [1.807, 2.05) is 27.7 Å². The Balaban J connectivity index is 2.45. The Bertz CT molecular complexity index is 445. The van der Waals surface area contributed by atoms with Gasteiger partial charge in [-0.25, -0.2) is 0 Å². The summed E-state index contributed by atoms with van der Waals surface area (Å²) in [6, 6.07) is 8.70.